The number of nitrogens with zero attached hydrogens (tertiary/aromatic N) is 1. The second kappa shape index (κ2) is 7.22. The monoisotopic (exact) mass is 228 g/mol. The summed E-state index contributed by atoms with van der Waals surface area (Å²) in [4.78, 5) is 24.6. The maximum atomic E-state index is 11.6. The van der Waals surface area contributed by atoms with Crippen LogP contribution < -0.4 is 5.32 Å². The number of rotatable bonds is 4. The standard InChI is InChI=1S/C11H20N2O3/c1-2-3-4-5-12-10(14)11(15)13-6-8-16-9-7-13/h2-9H2,1H3,(H,12,14). The number of amides is 2. The minimum atomic E-state index is -0.488. The smallest absolute Gasteiger partial charge is 0.312 e. The van der Waals surface area contributed by atoms with Crippen molar-refractivity contribution in [1.82, 2.24) is 10.2 Å². The van der Waals surface area contributed by atoms with Crippen molar-refractivity contribution in [3.8, 4) is 0 Å². The first-order chi connectivity index (χ1) is 7.75. The third-order valence-corrected chi connectivity index (χ3v) is 2.56. The van der Waals surface area contributed by atoms with Gasteiger partial charge in [-0.05, 0) is 6.42 Å². The van der Waals surface area contributed by atoms with Crippen molar-refractivity contribution < 1.29 is 14.3 Å². The van der Waals surface area contributed by atoms with Crippen LogP contribution in [0.25, 0.3) is 0 Å². The van der Waals surface area contributed by atoms with E-state index in [9.17, 15) is 9.59 Å². The molecule has 1 rings (SSSR count). The molecule has 16 heavy (non-hydrogen) atoms. The van der Waals surface area contributed by atoms with Gasteiger partial charge in [-0.3, -0.25) is 9.59 Å². The molecule has 1 saturated heterocycles. The topological polar surface area (TPSA) is 58.6 Å². The van der Waals surface area contributed by atoms with E-state index in [-0.39, 0.29) is 0 Å². The van der Waals surface area contributed by atoms with Gasteiger partial charge in [0.2, 0.25) is 0 Å². The van der Waals surface area contributed by atoms with Crippen LogP contribution in [0.15, 0.2) is 0 Å². The minimum absolute atomic E-state index is 0.431. The summed E-state index contributed by atoms with van der Waals surface area (Å²) >= 11 is 0. The minimum Gasteiger partial charge on any atom is -0.378 e. The Balaban J connectivity index is 2.21. The molecule has 5 heteroatoms. The Hall–Kier alpha value is -1.10. The van der Waals surface area contributed by atoms with Crippen molar-refractivity contribution in [3.63, 3.8) is 0 Å². The van der Waals surface area contributed by atoms with Crippen LogP contribution in [0, 0.1) is 0 Å². The van der Waals surface area contributed by atoms with Crippen LogP contribution in [-0.4, -0.2) is 49.6 Å². The number of hydrogen-bond acceptors (Lipinski definition) is 3. The highest BCUT2D eigenvalue weighted by atomic mass is 16.5. The Morgan fingerprint density at radius 3 is 2.56 bits per heavy atom. The Morgan fingerprint density at radius 2 is 1.94 bits per heavy atom. The summed E-state index contributed by atoms with van der Waals surface area (Å²) in [6, 6.07) is 0. The highest BCUT2D eigenvalue weighted by Crippen LogP contribution is 1.97. The lowest BCUT2D eigenvalue weighted by Gasteiger charge is -2.26. The molecule has 0 atom stereocenters. The van der Waals surface area contributed by atoms with E-state index in [1.165, 1.54) is 0 Å². The first-order valence-corrected chi connectivity index (χ1v) is 5.90. The Kier molecular flexibility index (Phi) is 5.85. The molecule has 92 valence electrons. The van der Waals surface area contributed by atoms with Crippen LogP contribution in [-0.2, 0) is 14.3 Å². The van der Waals surface area contributed by atoms with Gasteiger partial charge >= 0.3 is 11.8 Å². The second-order valence-electron chi connectivity index (χ2n) is 3.87. The second-order valence-corrected chi connectivity index (χ2v) is 3.87. The molecular weight excluding hydrogens is 208 g/mol. The number of ether oxygens (including phenoxy) is 1. The predicted molar refractivity (Wildman–Crippen MR) is 59.9 cm³/mol. The fourth-order valence-electron chi connectivity index (χ4n) is 1.56. The molecule has 0 unspecified atom stereocenters. The Morgan fingerprint density at radius 1 is 1.25 bits per heavy atom. The summed E-state index contributed by atoms with van der Waals surface area (Å²) in [7, 11) is 0. The number of nitrogens with one attached hydrogen (secondary N) is 1. The van der Waals surface area contributed by atoms with Crippen molar-refractivity contribution in [2.45, 2.75) is 26.2 Å². The molecule has 0 bridgehead atoms. The van der Waals surface area contributed by atoms with E-state index in [2.05, 4.69) is 12.2 Å². The fourth-order valence-corrected chi connectivity index (χ4v) is 1.56. The first kappa shape index (κ1) is 13.0. The SMILES string of the molecule is CCCCCNC(=O)C(=O)N1CCOCC1. The normalized spacial score (nSPS) is 15.9. The number of hydrogen-bond donors (Lipinski definition) is 1. The molecule has 0 spiro atoms. The molecule has 1 heterocycles. The van der Waals surface area contributed by atoms with E-state index in [1.807, 2.05) is 0 Å². The molecule has 1 N–H and O–H groups in total. The molecule has 1 fully saturated rings. The summed E-state index contributed by atoms with van der Waals surface area (Å²) in [6.45, 7) is 4.76. The third-order valence-electron chi connectivity index (χ3n) is 2.56. The van der Waals surface area contributed by atoms with Crippen LogP contribution in [0.5, 0.6) is 0 Å². The molecule has 2 amide bonds. The summed E-state index contributed by atoms with van der Waals surface area (Å²) in [6.07, 6.45) is 3.11. The molecular formula is C11H20N2O3. The van der Waals surface area contributed by atoms with E-state index in [0.29, 0.717) is 32.8 Å². The summed E-state index contributed by atoms with van der Waals surface area (Å²) in [5.74, 6) is -0.919. The fraction of sp³-hybridized carbons (Fsp3) is 0.818. The van der Waals surface area contributed by atoms with E-state index in [0.717, 1.165) is 19.3 Å². The van der Waals surface area contributed by atoms with Crippen LogP contribution >= 0.6 is 0 Å². The van der Waals surface area contributed by atoms with Crippen molar-refractivity contribution >= 4 is 11.8 Å². The Labute approximate surface area is 96.1 Å². The van der Waals surface area contributed by atoms with Gasteiger partial charge in [0.15, 0.2) is 0 Å². The van der Waals surface area contributed by atoms with Crippen molar-refractivity contribution in [2.24, 2.45) is 0 Å². The number of carbonyl (C=O) groups excluding carboxylic acids is 2. The highest BCUT2D eigenvalue weighted by Gasteiger charge is 2.22. The average Bonchev–Trinajstić information content (AvgIpc) is 2.34. The van der Waals surface area contributed by atoms with Gasteiger partial charge in [0.1, 0.15) is 0 Å². The van der Waals surface area contributed by atoms with Gasteiger partial charge in [0.25, 0.3) is 0 Å². The number of unbranched alkanes of at least 4 members (excludes halogenated alkanes) is 2. The van der Waals surface area contributed by atoms with E-state index < -0.39 is 11.8 Å². The van der Waals surface area contributed by atoms with Gasteiger partial charge in [-0.1, -0.05) is 19.8 Å². The van der Waals surface area contributed by atoms with Crippen molar-refractivity contribution in [2.75, 3.05) is 32.8 Å². The summed E-state index contributed by atoms with van der Waals surface area (Å²) in [5.41, 5.74) is 0. The van der Waals surface area contributed by atoms with Gasteiger partial charge in [0.05, 0.1) is 13.2 Å². The maximum Gasteiger partial charge on any atom is 0.312 e. The molecule has 1 aliphatic heterocycles. The molecule has 1 aliphatic rings. The lowest BCUT2D eigenvalue weighted by atomic mass is 10.2. The average molecular weight is 228 g/mol. The van der Waals surface area contributed by atoms with Crippen molar-refractivity contribution in [1.29, 1.82) is 0 Å². The number of carbonyl (C=O) groups is 2. The molecule has 0 aliphatic carbocycles. The zero-order valence-corrected chi connectivity index (χ0v) is 9.83. The first-order valence-electron chi connectivity index (χ1n) is 5.90. The molecule has 0 aromatic heterocycles. The van der Waals surface area contributed by atoms with Crippen LogP contribution in [0.2, 0.25) is 0 Å². The zero-order valence-electron chi connectivity index (χ0n) is 9.83. The molecule has 0 aromatic rings. The maximum absolute atomic E-state index is 11.6. The lowest BCUT2D eigenvalue weighted by Crippen LogP contribution is -2.48. The molecule has 0 saturated carbocycles. The van der Waals surface area contributed by atoms with E-state index in [4.69, 9.17) is 4.74 Å². The lowest BCUT2D eigenvalue weighted by molar-refractivity contribution is -0.148. The van der Waals surface area contributed by atoms with Gasteiger partial charge in [-0.15, -0.1) is 0 Å². The quantitative estimate of drug-likeness (QED) is 0.550. The van der Waals surface area contributed by atoms with Crippen LogP contribution in [0.4, 0.5) is 0 Å². The van der Waals surface area contributed by atoms with Crippen LogP contribution in [0.3, 0.4) is 0 Å². The van der Waals surface area contributed by atoms with Gasteiger partial charge in [-0.25, -0.2) is 0 Å². The van der Waals surface area contributed by atoms with E-state index in [1.54, 1.807) is 4.90 Å². The highest BCUT2D eigenvalue weighted by molar-refractivity contribution is 6.35. The number of morpholine rings is 1. The van der Waals surface area contributed by atoms with Gasteiger partial charge < -0.3 is 15.0 Å². The largest absolute Gasteiger partial charge is 0.378 e. The Bertz CT molecular complexity index is 237. The van der Waals surface area contributed by atoms with Crippen LogP contribution in [0.1, 0.15) is 26.2 Å². The molecule has 5 nitrogen and oxygen atoms in total. The van der Waals surface area contributed by atoms with E-state index >= 15 is 0 Å². The summed E-state index contributed by atoms with van der Waals surface area (Å²) in [5, 5.41) is 2.64. The summed E-state index contributed by atoms with van der Waals surface area (Å²) < 4.78 is 5.12. The van der Waals surface area contributed by atoms with Gasteiger partial charge in [0, 0.05) is 19.6 Å². The molecule has 0 aromatic carbocycles. The molecule has 0 radical (unpaired) electrons. The third kappa shape index (κ3) is 4.18. The van der Waals surface area contributed by atoms with Gasteiger partial charge in [-0.2, -0.15) is 0 Å². The van der Waals surface area contributed by atoms with Crippen molar-refractivity contribution in [3.05, 3.63) is 0 Å². The zero-order chi connectivity index (χ0) is 11.8. The predicted octanol–water partition coefficient (Wildman–Crippen LogP) is 0.152.